The van der Waals surface area contributed by atoms with Gasteiger partial charge in [-0.2, -0.15) is 0 Å². The van der Waals surface area contributed by atoms with Crippen LogP contribution in [0.15, 0.2) is 17.0 Å². The highest BCUT2D eigenvalue weighted by molar-refractivity contribution is 8.13. The molecule has 0 radical (unpaired) electrons. The zero-order valence-corrected chi connectivity index (χ0v) is 14.6. The van der Waals surface area contributed by atoms with Gasteiger partial charge in [0, 0.05) is 27.8 Å². The molecule has 1 amide bonds. The van der Waals surface area contributed by atoms with Crippen LogP contribution in [0.4, 0.5) is 0 Å². The summed E-state index contributed by atoms with van der Waals surface area (Å²) in [5.41, 5.74) is 0.760. The number of amides is 1. The third-order valence-corrected chi connectivity index (χ3v) is 5.28. The van der Waals surface area contributed by atoms with E-state index in [1.807, 2.05) is 0 Å². The summed E-state index contributed by atoms with van der Waals surface area (Å²) in [4.78, 5) is 12.1. The van der Waals surface area contributed by atoms with Crippen molar-refractivity contribution >= 4 is 37.2 Å². The fourth-order valence-electron chi connectivity index (χ4n) is 1.94. The first-order valence-electron chi connectivity index (χ1n) is 6.73. The number of carbonyl (C=O) groups excluding carboxylic acids is 1. The Morgan fingerprint density at radius 1 is 1.29 bits per heavy atom. The standard InChI is InChI=1S/C14H19Cl2NO3S/c1-4-10(5-2)8-17-14(18)12-6-11(21(16,19)20)7-13(15)9(12)3/h6-7,10H,4-5,8H2,1-3H3,(H,17,18). The lowest BCUT2D eigenvalue weighted by Gasteiger charge is -2.15. The Hall–Kier alpha value is -0.780. The van der Waals surface area contributed by atoms with Crippen LogP contribution in [0.2, 0.25) is 5.02 Å². The molecule has 0 atom stereocenters. The van der Waals surface area contributed by atoms with Crippen LogP contribution in [0.1, 0.15) is 42.6 Å². The van der Waals surface area contributed by atoms with Crippen molar-refractivity contribution in [1.29, 1.82) is 0 Å². The van der Waals surface area contributed by atoms with Crippen molar-refractivity contribution in [1.82, 2.24) is 5.32 Å². The molecule has 0 saturated carbocycles. The molecule has 0 unspecified atom stereocenters. The zero-order chi connectivity index (χ0) is 16.2. The third kappa shape index (κ3) is 4.87. The molecule has 0 spiro atoms. The topological polar surface area (TPSA) is 63.2 Å². The van der Waals surface area contributed by atoms with E-state index in [0.717, 1.165) is 12.8 Å². The fraction of sp³-hybridized carbons (Fsp3) is 0.500. The number of nitrogens with one attached hydrogen (secondary N) is 1. The molecule has 0 aromatic heterocycles. The van der Waals surface area contributed by atoms with Gasteiger partial charge in [-0.15, -0.1) is 0 Å². The lowest BCUT2D eigenvalue weighted by atomic mass is 10.0. The average molecular weight is 352 g/mol. The Kier molecular flexibility index (Phi) is 6.50. The molecule has 1 aromatic rings. The molecule has 21 heavy (non-hydrogen) atoms. The number of carbonyl (C=O) groups is 1. The van der Waals surface area contributed by atoms with E-state index >= 15 is 0 Å². The van der Waals surface area contributed by atoms with Gasteiger partial charge in [0.15, 0.2) is 0 Å². The van der Waals surface area contributed by atoms with Gasteiger partial charge in [-0.25, -0.2) is 8.42 Å². The first-order chi connectivity index (χ1) is 9.70. The molecular formula is C14H19Cl2NO3S. The van der Waals surface area contributed by atoms with Gasteiger partial charge in [0.2, 0.25) is 0 Å². The summed E-state index contributed by atoms with van der Waals surface area (Å²) in [5.74, 6) is 0.0492. The van der Waals surface area contributed by atoms with E-state index in [0.29, 0.717) is 18.0 Å². The summed E-state index contributed by atoms with van der Waals surface area (Å²) in [6.07, 6.45) is 1.93. The highest BCUT2D eigenvalue weighted by Crippen LogP contribution is 2.26. The lowest BCUT2D eigenvalue weighted by Crippen LogP contribution is -2.29. The van der Waals surface area contributed by atoms with Crippen molar-refractivity contribution in [2.75, 3.05) is 6.54 Å². The second kappa shape index (κ2) is 7.47. The molecule has 0 fully saturated rings. The van der Waals surface area contributed by atoms with Gasteiger partial charge in [0.05, 0.1) is 4.90 Å². The van der Waals surface area contributed by atoms with Crippen molar-refractivity contribution in [2.24, 2.45) is 5.92 Å². The number of hydrogen-bond donors (Lipinski definition) is 1. The number of halogens is 2. The first kappa shape index (κ1) is 18.3. The molecule has 0 heterocycles. The minimum Gasteiger partial charge on any atom is -0.352 e. The normalized spacial score (nSPS) is 11.7. The van der Waals surface area contributed by atoms with E-state index < -0.39 is 9.05 Å². The number of hydrogen-bond acceptors (Lipinski definition) is 3. The van der Waals surface area contributed by atoms with Crippen molar-refractivity contribution in [3.63, 3.8) is 0 Å². The van der Waals surface area contributed by atoms with Crippen LogP contribution in [-0.2, 0) is 9.05 Å². The van der Waals surface area contributed by atoms with Gasteiger partial charge in [0.1, 0.15) is 0 Å². The Bertz CT molecular complexity index is 625. The molecule has 0 bridgehead atoms. The van der Waals surface area contributed by atoms with E-state index in [4.69, 9.17) is 22.3 Å². The van der Waals surface area contributed by atoms with E-state index in [2.05, 4.69) is 19.2 Å². The Balaban J connectivity index is 3.06. The SMILES string of the molecule is CCC(CC)CNC(=O)c1cc(S(=O)(=O)Cl)cc(Cl)c1C. The quantitative estimate of drug-likeness (QED) is 0.794. The largest absolute Gasteiger partial charge is 0.352 e. The number of rotatable bonds is 6. The van der Waals surface area contributed by atoms with Crippen LogP contribution < -0.4 is 5.32 Å². The van der Waals surface area contributed by atoms with Crippen molar-refractivity contribution < 1.29 is 13.2 Å². The molecule has 4 nitrogen and oxygen atoms in total. The highest BCUT2D eigenvalue weighted by Gasteiger charge is 2.19. The Morgan fingerprint density at radius 3 is 2.33 bits per heavy atom. The summed E-state index contributed by atoms with van der Waals surface area (Å²) < 4.78 is 22.8. The fourth-order valence-corrected chi connectivity index (χ4v) is 3.01. The molecule has 1 aromatic carbocycles. The Morgan fingerprint density at radius 2 is 1.86 bits per heavy atom. The molecule has 118 valence electrons. The van der Waals surface area contributed by atoms with E-state index in [-0.39, 0.29) is 21.4 Å². The van der Waals surface area contributed by atoms with Gasteiger partial charge in [-0.05, 0) is 30.5 Å². The third-order valence-electron chi connectivity index (χ3n) is 3.55. The summed E-state index contributed by atoms with van der Waals surface area (Å²) >= 11 is 5.98. The van der Waals surface area contributed by atoms with E-state index in [1.165, 1.54) is 12.1 Å². The first-order valence-corrected chi connectivity index (χ1v) is 9.42. The molecule has 0 aliphatic rings. The molecule has 0 aliphatic carbocycles. The maximum absolute atomic E-state index is 12.2. The van der Waals surface area contributed by atoms with Gasteiger partial charge in [-0.1, -0.05) is 38.3 Å². The van der Waals surface area contributed by atoms with Crippen LogP contribution >= 0.6 is 22.3 Å². The minimum absolute atomic E-state index is 0.174. The van der Waals surface area contributed by atoms with Crippen molar-refractivity contribution in [3.05, 3.63) is 28.3 Å². The highest BCUT2D eigenvalue weighted by atomic mass is 35.7. The monoisotopic (exact) mass is 351 g/mol. The minimum atomic E-state index is -3.93. The molecule has 7 heteroatoms. The summed E-state index contributed by atoms with van der Waals surface area (Å²) in [7, 11) is 1.38. The van der Waals surface area contributed by atoms with E-state index in [9.17, 15) is 13.2 Å². The molecule has 1 N–H and O–H groups in total. The van der Waals surface area contributed by atoms with E-state index in [1.54, 1.807) is 6.92 Å². The predicted octanol–water partition coefficient (Wildman–Crippen LogP) is 3.74. The summed E-state index contributed by atoms with van der Waals surface area (Å²) in [6, 6.07) is 2.50. The van der Waals surface area contributed by atoms with Gasteiger partial charge < -0.3 is 5.32 Å². The van der Waals surface area contributed by atoms with Gasteiger partial charge in [0.25, 0.3) is 15.0 Å². The van der Waals surface area contributed by atoms with Gasteiger partial charge >= 0.3 is 0 Å². The lowest BCUT2D eigenvalue weighted by molar-refractivity contribution is 0.0945. The average Bonchev–Trinajstić information content (AvgIpc) is 2.41. The molecular weight excluding hydrogens is 333 g/mol. The second-order valence-electron chi connectivity index (χ2n) is 4.91. The molecule has 0 saturated heterocycles. The Labute approximate surface area is 135 Å². The van der Waals surface area contributed by atoms with Crippen molar-refractivity contribution in [2.45, 2.75) is 38.5 Å². The van der Waals surface area contributed by atoms with Crippen LogP contribution in [0, 0.1) is 12.8 Å². The van der Waals surface area contributed by atoms with Crippen LogP contribution in [-0.4, -0.2) is 20.9 Å². The van der Waals surface area contributed by atoms with Crippen molar-refractivity contribution in [3.8, 4) is 0 Å². The maximum Gasteiger partial charge on any atom is 0.261 e. The van der Waals surface area contributed by atoms with Gasteiger partial charge in [-0.3, -0.25) is 4.79 Å². The number of benzene rings is 1. The molecule has 0 aliphatic heterocycles. The van der Waals surface area contributed by atoms with Crippen LogP contribution in [0.3, 0.4) is 0 Å². The smallest absolute Gasteiger partial charge is 0.261 e. The maximum atomic E-state index is 12.2. The second-order valence-corrected chi connectivity index (χ2v) is 7.88. The zero-order valence-electron chi connectivity index (χ0n) is 12.2. The molecule has 1 rings (SSSR count). The van der Waals surface area contributed by atoms with Crippen LogP contribution in [0.25, 0.3) is 0 Å². The summed E-state index contributed by atoms with van der Waals surface area (Å²) in [5, 5.41) is 3.01. The summed E-state index contributed by atoms with van der Waals surface area (Å²) in [6.45, 7) is 6.33. The predicted molar refractivity (Wildman–Crippen MR) is 85.6 cm³/mol. The van der Waals surface area contributed by atoms with Crippen LogP contribution in [0.5, 0.6) is 0 Å².